The summed E-state index contributed by atoms with van der Waals surface area (Å²) in [6, 6.07) is 10.3. The molecule has 4 rings (SSSR count). The Bertz CT molecular complexity index is 1080. The number of rotatable bonds is 4. The first kappa shape index (κ1) is 23.7. The first-order chi connectivity index (χ1) is 15.1. The van der Waals surface area contributed by atoms with E-state index in [2.05, 4.69) is 50.9 Å². The van der Waals surface area contributed by atoms with E-state index < -0.39 is 5.97 Å². The monoisotopic (exact) mass is 455 g/mol. The molecule has 2 heterocycles. The quantitative estimate of drug-likeness (QED) is 0.397. The van der Waals surface area contributed by atoms with Crippen molar-refractivity contribution in [2.75, 3.05) is 18.3 Å². The van der Waals surface area contributed by atoms with Gasteiger partial charge in [-0.05, 0) is 50.1 Å². The van der Waals surface area contributed by atoms with Gasteiger partial charge in [-0.3, -0.25) is 4.79 Å². The predicted octanol–water partition coefficient (Wildman–Crippen LogP) is 6.68. The standard InChI is InChI=1S/C24H26ClNO2.C2H4O2/c1-14(13-25)11-20-23-16(22-18(27-5)7-6-8-19(22)28-20)9-10-17-21(23)15(2)12-24(3,4)26-17;1-2(3)4/h6-10,12,20,26H,1,11,13H2,2-5H3;1H3,(H,3,4). The lowest BCUT2D eigenvalue weighted by molar-refractivity contribution is -0.134. The van der Waals surface area contributed by atoms with Gasteiger partial charge < -0.3 is 19.9 Å². The molecule has 0 aromatic heterocycles. The topological polar surface area (TPSA) is 67.8 Å². The lowest BCUT2D eigenvalue weighted by Gasteiger charge is -2.37. The van der Waals surface area contributed by atoms with Crippen LogP contribution in [0.15, 0.2) is 48.6 Å². The second-order valence-corrected chi connectivity index (χ2v) is 8.94. The lowest BCUT2D eigenvalue weighted by Crippen LogP contribution is -2.32. The van der Waals surface area contributed by atoms with Crippen molar-refractivity contribution in [3.63, 3.8) is 0 Å². The van der Waals surface area contributed by atoms with Crippen LogP contribution in [0.5, 0.6) is 11.5 Å². The summed E-state index contributed by atoms with van der Waals surface area (Å²) in [7, 11) is 1.70. The number of alkyl halides is 1. The van der Waals surface area contributed by atoms with Gasteiger partial charge in [0.25, 0.3) is 5.97 Å². The van der Waals surface area contributed by atoms with Crippen LogP contribution in [0.2, 0.25) is 0 Å². The molecular weight excluding hydrogens is 426 g/mol. The van der Waals surface area contributed by atoms with Crippen molar-refractivity contribution in [1.82, 2.24) is 0 Å². The summed E-state index contributed by atoms with van der Waals surface area (Å²) in [6.07, 6.45) is 2.82. The number of aliphatic carboxylic acids is 1. The lowest BCUT2D eigenvalue weighted by atomic mass is 9.80. The number of benzene rings is 2. The summed E-state index contributed by atoms with van der Waals surface area (Å²) in [5.74, 6) is 1.25. The highest BCUT2D eigenvalue weighted by Gasteiger charge is 2.34. The zero-order valence-electron chi connectivity index (χ0n) is 19.2. The van der Waals surface area contributed by atoms with Gasteiger partial charge in [0.1, 0.15) is 17.6 Å². The van der Waals surface area contributed by atoms with Gasteiger partial charge in [0.15, 0.2) is 0 Å². The molecule has 2 aromatic rings. The van der Waals surface area contributed by atoms with E-state index in [1.807, 2.05) is 18.2 Å². The van der Waals surface area contributed by atoms with Crippen LogP contribution in [0, 0.1) is 0 Å². The Balaban J connectivity index is 0.000000668. The molecule has 1 atom stereocenters. The SMILES string of the molecule is C=C(CCl)CC1Oc2cccc(OC)c2-c2ccc3c(c21)C(C)=CC(C)(C)N3.CC(=O)O. The van der Waals surface area contributed by atoms with E-state index in [9.17, 15) is 0 Å². The second-order valence-electron chi connectivity index (χ2n) is 8.67. The highest BCUT2D eigenvalue weighted by molar-refractivity contribution is 6.19. The van der Waals surface area contributed by atoms with Gasteiger partial charge in [-0.2, -0.15) is 0 Å². The van der Waals surface area contributed by atoms with Gasteiger partial charge in [-0.25, -0.2) is 0 Å². The second kappa shape index (κ2) is 9.29. The fraction of sp³-hybridized carbons (Fsp3) is 0.346. The van der Waals surface area contributed by atoms with Crippen molar-refractivity contribution in [3.8, 4) is 22.6 Å². The number of halogens is 1. The maximum atomic E-state index is 9.00. The Morgan fingerprint density at radius 1 is 1.28 bits per heavy atom. The number of anilines is 1. The first-order valence-electron chi connectivity index (χ1n) is 10.5. The molecule has 0 radical (unpaired) electrons. The van der Waals surface area contributed by atoms with Crippen molar-refractivity contribution in [1.29, 1.82) is 0 Å². The molecule has 2 aromatic carbocycles. The number of hydrogen-bond donors (Lipinski definition) is 2. The van der Waals surface area contributed by atoms with E-state index in [0.717, 1.165) is 40.8 Å². The van der Waals surface area contributed by atoms with Crippen LogP contribution in [-0.2, 0) is 4.79 Å². The smallest absolute Gasteiger partial charge is 0.300 e. The average Bonchev–Trinajstić information content (AvgIpc) is 2.71. The van der Waals surface area contributed by atoms with Gasteiger partial charge in [0.2, 0.25) is 0 Å². The van der Waals surface area contributed by atoms with Gasteiger partial charge in [-0.1, -0.05) is 30.4 Å². The van der Waals surface area contributed by atoms with Crippen LogP contribution in [-0.4, -0.2) is 29.6 Å². The van der Waals surface area contributed by atoms with Crippen LogP contribution in [0.1, 0.15) is 51.3 Å². The van der Waals surface area contributed by atoms with Crippen molar-refractivity contribution in [2.24, 2.45) is 0 Å². The third-order valence-electron chi connectivity index (χ3n) is 5.41. The molecular formula is C26H30ClNO4. The fourth-order valence-electron chi connectivity index (χ4n) is 4.42. The number of hydrogen-bond acceptors (Lipinski definition) is 4. The van der Waals surface area contributed by atoms with E-state index in [1.165, 1.54) is 16.7 Å². The number of allylic oxidation sites excluding steroid dienone is 1. The highest BCUT2D eigenvalue weighted by Crippen LogP contribution is 2.52. The number of carbonyl (C=O) groups is 1. The zero-order valence-corrected chi connectivity index (χ0v) is 20.0. The molecule has 170 valence electrons. The summed E-state index contributed by atoms with van der Waals surface area (Å²) >= 11 is 6.06. The molecule has 6 heteroatoms. The van der Waals surface area contributed by atoms with Crippen molar-refractivity contribution < 1.29 is 19.4 Å². The van der Waals surface area contributed by atoms with Crippen molar-refractivity contribution >= 4 is 28.8 Å². The Morgan fingerprint density at radius 2 is 1.97 bits per heavy atom. The third-order valence-corrected chi connectivity index (χ3v) is 5.78. The molecule has 5 nitrogen and oxygen atoms in total. The number of nitrogens with one attached hydrogen (secondary N) is 1. The molecule has 0 aliphatic carbocycles. The van der Waals surface area contributed by atoms with E-state index in [4.69, 9.17) is 31.0 Å². The number of ether oxygens (including phenoxy) is 2. The van der Waals surface area contributed by atoms with Crippen LogP contribution < -0.4 is 14.8 Å². The van der Waals surface area contributed by atoms with Gasteiger partial charge in [-0.15, -0.1) is 11.6 Å². The van der Waals surface area contributed by atoms with Gasteiger partial charge in [0, 0.05) is 36.0 Å². The molecule has 2 aliphatic heterocycles. The van der Waals surface area contributed by atoms with Crippen LogP contribution in [0.25, 0.3) is 16.7 Å². The minimum Gasteiger partial charge on any atom is -0.496 e. The van der Waals surface area contributed by atoms with Crippen molar-refractivity contribution in [2.45, 2.75) is 45.8 Å². The van der Waals surface area contributed by atoms with E-state index in [0.29, 0.717) is 12.3 Å². The Kier molecular flexibility index (Phi) is 6.89. The van der Waals surface area contributed by atoms with E-state index in [-0.39, 0.29) is 11.6 Å². The van der Waals surface area contributed by atoms with Crippen LogP contribution >= 0.6 is 11.6 Å². The van der Waals surface area contributed by atoms with Crippen LogP contribution in [0.3, 0.4) is 0 Å². The Labute approximate surface area is 194 Å². The number of carboxylic acids is 1. The Hall–Kier alpha value is -2.92. The summed E-state index contributed by atoms with van der Waals surface area (Å²) in [5, 5.41) is 11.1. The molecule has 2 aliphatic rings. The van der Waals surface area contributed by atoms with Gasteiger partial charge >= 0.3 is 0 Å². The average molecular weight is 456 g/mol. The molecule has 0 saturated carbocycles. The van der Waals surface area contributed by atoms with Gasteiger partial charge in [0.05, 0.1) is 18.2 Å². The minimum atomic E-state index is -0.833. The van der Waals surface area contributed by atoms with Crippen LogP contribution in [0.4, 0.5) is 5.69 Å². The molecule has 0 saturated heterocycles. The largest absolute Gasteiger partial charge is 0.496 e. The first-order valence-corrected chi connectivity index (χ1v) is 11.0. The Morgan fingerprint density at radius 3 is 2.59 bits per heavy atom. The minimum absolute atomic E-state index is 0.0916. The molecule has 0 fully saturated rings. The normalized spacial score (nSPS) is 17.1. The maximum Gasteiger partial charge on any atom is 0.300 e. The number of fused-ring (bicyclic) bond motifs is 5. The molecule has 32 heavy (non-hydrogen) atoms. The molecule has 0 amide bonds. The fourth-order valence-corrected chi connectivity index (χ4v) is 4.52. The molecule has 0 spiro atoms. The van der Waals surface area contributed by atoms with E-state index >= 15 is 0 Å². The highest BCUT2D eigenvalue weighted by atomic mass is 35.5. The number of methoxy groups -OCH3 is 1. The zero-order chi connectivity index (χ0) is 23.6. The van der Waals surface area contributed by atoms with E-state index in [1.54, 1.807) is 7.11 Å². The molecule has 2 N–H and O–H groups in total. The summed E-state index contributed by atoms with van der Waals surface area (Å²) < 4.78 is 12.1. The summed E-state index contributed by atoms with van der Waals surface area (Å²) in [6.45, 7) is 11.7. The summed E-state index contributed by atoms with van der Waals surface area (Å²) in [4.78, 5) is 9.00. The molecule has 1 unspecified atom stereocenters. The summed E-state index contributed by atoms with van der Waals surface area (Å²) in [5.41, 5.74) is 7.80. The third kappa shape index (κ3) is 4.78. The van der Waals surface area contributed by atoms with Crippen molar-refractivity contribution in [3.05, 3.63) is 59.7 Å². The molecule has 0 bridgehead atoms. The predicted molar refractivity (Wildman–Crippen MR) is 131 cm³/mol. The number of carboxylic acid groups (broad SMARTS) is 1. The maximum absolute atomic E-state index is 9.00.